The summed E-state index contributed by atoms with van der Waals surface area (Å²) < 4.78 is 16.5. The van der Waals surface area contributed by atoms with Crippen molar-refractivity contribution in [3.63, 3.8) is 0 Å². The van der Waals surface area contributed by atoms with E-state index in [1.807, 2.05) is 13.8 Å². The number of nitrogens with one attached hydrogen (secondary N) is 2. The Morgan fingerprint density at radius 2 is 1.90 bits per heavy atom. The summed E-state index contributed by atoms with van der Waals surface area (Å²) in [4.78, 5) is 4.23. The first-order chi connectivity index (χ1) is 9.47. The van der Waals surface area contributed by atoms with Gasteiger partial charge in [-0.2, -0.15) is 0 Å². The number of ether oxygens (including phenoxy) is 3. The minimum absolute atomic E-state index is 0.160. The summed E-state index contributed by atoms with van der Waals surface area (Å²) in [6.07, 6.45) is 1.80. The molecule has 6 heteroatoms. The third-order valence-electron chi connectivity index (χ3n) is 3.87. The zero-order valence-corrected chi connectivity index (χ0v) is 13.4. The number of aliphatic imine (C=N–C) groups is 1. The second-order valence-electron chi connectivity index (χ2n) is 5.74. The Bertz CT molecular complexity index is 313. The van der Waals surface area contributed by atoms with Crippen LogP contribution in [0.15, 0.2) is 4.99 Å². The zero-order chi connectivity index (χ0) is 15.1. The van der Waals surface area contributed by atoms with Crippen molar-refractivity contribution < 1.29 is 14.2 Å². The third-order valence-corrected chi connectivity index (χ3v) is 3.87. The van der Waals surface area contributed by atoms with Crippen LogP contribution in [0.5, 0.6) is 0 Å². The molecule has 0 aromatic heterocycles. The molecule has 0 unspecified atom stereocenters. The van der Waals surface area contributed by atoms with Gasteiger partial charge in [-0.3, -0.25) is 4.99 Å². The number of hydrogen-bond acceptors (Lipinski definition) is 4. The molecule has 0 amide bonds. The van der Waals surface area contributed by atoms with Gasteiger partial charge >= 0.3 is 0 Å². The standard InChI is InChI=1S/C14H29N3O3/c1-13(2,18-4)10-16-12(15-3)17-11-14(19-5)6-8-20-9-7-14/h6-11H2,1-5H3,(H2,15,16,17). The van der Waals surface area contributed by atoms with E-state index in [1.54, 1.807) is 21.3 Å². The normalized spacial score (nSPS) is 19.8. The van der Waals surface area contributed by atoms with E-state index in [-0.39, 0.29) is 11.2 Å². The van der Waals surface area contributed by atoms with E-state index in [1.165, 1.54) is 0 Å². The van der Waals surface area contributed by atoms with Gasteiger partial charge in [-0.25, -0.2) is 0 Å². The van der Waals surface area contributed by atoms with E-state index in [0.717, 1.165) is 38.6 Å². The van der Waals surface area contributed by atoms with E-state index in [0.29, 0.717) is 6.54 Å². The topological polar surface area (TPSA) is 64.1 Å². The van der Waals surface area contributed by atoms with Gasteiger partial charge in [-0.1, -0.05) is 0 Å². The maximum Gasteiger partial charge on any atom is 0.191 e. The molecule has 0 spiro atoms. The predicted molar refractivity (Wildman–Crippen MR) is 80.2 cm³/mol. The van der Waals surface area contributed by atoms with Crippen molar-refractivity contribution in [3.05, 3.63) is 0 Å². The van der Waals surface area contributed by atoms with Crippen LogP contribution < -0.4 is 10.6 Å². The maximum absolute atomic E-state index is 5.69. The van der Waals surface area contributed by atoms with Crippen molar-refractivity contribution in [1.29, 1.82) is 0 Å². The summed E-state index contributed by atoms with van der Waals surface area (Å²) in [5.74, 6) is 0.762. The Balaban J connectivity index is 2.44. The number of rotatable bonds is 6. The molecule has 20 heavy (non-hydrogen) atoms. The van der Waals surface area contributed by atoms with Gasteiger partial charge in [0.1, 0.15) is 0 Å². The average molecular weight is 287 g/mol. The Morgan fingerprint density at radius 3 is 2.40 bits per heavy atom. The van der Waals surface area contributed by atoms with Crippen molar-refractivity contribution in [1.82, 2.24) is 10.6 Å². The Morgan fingerprint density at radius 1 is 1.25 bits per heavy atom. The first-order valence-corrected chi connectivity index (χ1v) is 7.09. The minimum atomic E-state index is -0.227. The molecule has 0 bridgehead atoms. The van der Waals surface area contributed by atoms with Crippen LogP contribution in [-0.2, 0) is 14.2 Å². The molecular formula is C14H29N3O3. The van der Waals surface area contributed by atoms with E-state index in [2.05, 4.69) is 15.6 Å². The van der Waals surface area contributed by atoms with Crippen molar-refractivity contribution >= 4 is 5.96 Å². The highest BCUT2D eigenvalue weighted by Gasteiger charge is 2.32. The molecule has 0 radical (unpaired) electrons. The van der Waals surface area contributed by atoms with Gasteiger partial charge in [-0.15, -0.1) is 0 Å². The summed E-state index contributed by atoms with van der Waals surface area (Å²) in [6, 6.07) is 0. The van der Waals surface area contributed by atoms with Gasteiger partial charge in [0.25, 0.3) is 0 Å². The van der Waals surface area contributed by atoms with Crippen molar-refractivity contribution in [2.75, 3.05) is 47.6 Å². The first-order valence-electron chi connectivity index (χ1n) is 7.09. The number of methoxy groups -OCH3 is 2. The third kappa shape index (κ3) is 5.26. The van der Waals surface area contributed by atoms with Crippen LogP contribution in [0.2, 0.25) is 0 Å². The van der Waals surface area contributed by atoms with Crippen LogP contribution in [0, 0.1) is 0 Å². The molecule has 0 aromatic carbocycles. The molecule has 6 nitrogen and oxygen atoms in total. The van der Waals surface area contributed by atoms with Crippen LogP contribution in [0.25, 0.3) is 0 Å². The largest absolute Gasteiger partial charge is 0.381 e. The first kappa shape index (κ1) is 17.2. The lowest BCUT2D eigenvalue weighted by Crippen LogP contribution is -2.52. The van der Waals surface area contributed by atoms with Gasteiger partial charge in [0.2, 0.25) is 0 Å². The second-order valence-corrected chi connectivity index (χ2v) is 5.74. The molecule has 118 valence electrons. The van der Waals surface area contributed by atoms with Crippen LogP contribution in [0.4, 0.5) is 0 Å². The highest BCUT2D eigenvalue weighted by molar-refractivity contribution is 5.79. The fraction of sp³-hybridized carbons (Fsp3) is 0.929. The predicted octanol–water partition coefficient (Wildman–Crippen LogP) is 0.772. The molecule has 1 rings (SSSR count). The summed E-state index contributed by atoms with van der Waals surface area (Å²) in [7, 11) is 5.23. The summed E-state index contributed by atoms with van der Waals surface area (Å²) in [6.45, 7) is 6.97. The summed E-state index contributed by atoms with van der Waals surface area (Å²) in [5.41, 5.74) is -0.387. The maximum atomic E-state index is 5.69. The lowest BCUT2D eigenvalue weighted by Gasteiger charge is -2.36. The SMILES string of the molecule is CN=C(NCC(C)(C)OC)NCC1(OC)CCOCC1. The summed E-state index contributed by atoms with van der Waals surface area (Å²) in [5, 5.41) is 6.60. The van der Waals surface area contributed by atoms with Crippen LogP contribution in [-0.4, -0.2) is 64.7 Å². The fourth-order valence-corrected chi connectivity index (χ4v) is 2.03. The highest BCUT2D eigenvalue weighted by Crippen LogP contribution is 2.23. The van der Waals surface area contributed by atoms with E-state index in [4.69, 9.17) is 14.2 Å². The summed E-state index contributed by atoms with van der Waals surface area (Å²) >= 11 is 0. The number of hydrogen-bond donors (Lipinski definition) is 2. The smallest absolute Gasteiger partial charge is 0.191 e. The molecule has 1 heterocycles. The van der Waals surface area contributed by atoms with Crippen molar-refractivity contribution in [2.45, 2.75) is 37.9 Å². The van der Waals surface area contributed by atoms with Gasteiger partial charge < -0.3 is 24.8 Å². The molecule has 1 aliphatic rings. The van der Waals surface area contributed by atoms with E-state index >= 15 is 0 Å². The molecule has 0 aromatic rings. The monoisotopic (exact) mass is 287 g/mol. The molecule has 0 aliphatic carbocycles. The van der Waals surface area contributed by atoms with Crippen LogP contribution >= 0.6 is 0 Å². The molecule has 2 N–H and O–H groups in total. The van der Waals surface area contributed by atoms with E-state index in [9.17, 15) is 0 Å². The van der Waals surface area contributed by atoms with Gasteiger partial charge in [0.15, 0.2) is 5.96 Å². The zero-order valence-electron chi connectivity index (χ0n) is 13.4. The van der Waals surface area contributed by atoms with Crippen LogP contribution in [0.3, 0.4) is 0 Å². The van der Waals surface area contributed by atoms with Gasteiger partial charge in [0, 0.05) is 60.4 Å². The Labute approximate surface area is 122 Å². The highest BCUT2D eigenvalue weighted by atomic mass is 16.5. The molecular weight excluding hydrogens is 258 g/mol. The average Bonchev–Trinajstić information content (AvgIpc) is 2.48. The molecule has 1 fully saturated rings. The lowest BCUT2D eigenvalue weighted by atomic mass is 9.94. The fourth-order valence-electron chi connectivity index (χ4n) is 2.03. The molecule has 0 atom stereocenters. The Hall–Kier alpha value is -0.850. The van der Waals surface area contributed by atoms with Gasteiger partial charge in [-0.05, 0) is 13.8 Å². The lowest BCUT2D eigenvalue weighted by molar-refractivity contribution is -0.0855. The number of guanidine groups is 1. The van der Waals surface area contributed by atoms with Crippen molar-refractivity contribution in [3.8, 4) is 0 Å². The van der Waals surface area contributed by atoms with E-state index < -0.39 is 0 Å². The molecule has 1 saturated heterocycles. The van der Waals surface area contributed by atoms with Crippen molar-refractivity contribution in [2.24, 2.45) is 4.99 Å². The second kappa shape index (κ2) is 7.81. The molecule has 1 aliphatic heterocycles. The van der Waals surface area contributed by atoms with Crippen LogP contribution in [0.1, 0.15) is 26.7 Å². The molecule has 0 saturated carbocycles. The number of nitrogens with zero attached hydrogens (tertiary/aromatic N) is 1. The Kier molecular flexibility index (Phi) is 6.71. The minimum Gasteiger partial charge on any atom is -0.381 e. The van der Waals surface area contributed by atoms with Gasteiger partial charge in [0.05, 0.1) is 11.2 Å². The quantitative estimate of drug-likeness (QED) is 0.558.